The van der Waals surface area contributed by atoms with Gasteiger partial charge in [0.1, 0.15) is 10.7 Å². The van der Waals surface area contributed by atoms with Crippen LogP contribution >= 0.6 is 27.5 Å². The molecule has 106 valence electrons. The van der Waals surface area contributed by atoms with Crippen molar-refractivity contribution in [2.75, 3.05) is 17.1 Å². The number of benzene rings is 1. The van der Waals surface area contributed by atoms with Crippen LogP contribution in [0.5, 0.6) is 0 Å². The van der Waals surface area contributed by atoms with Crippen molar-refractivity contribution < 1.29 is 8.42 Å². The van der Waals surface area contributed by atoms with Gasteiger partial charge in [-0.25, -0.2) is 13.4 Å². The summed E-state index contributed by atoms with van der Waals surface area (Å²) in [5.74, 6) is -0.0629. The van der Waals surface area contributed by atoms with Crippen LogP contribution in [0.2, 0.25) is 5.02 Å². The highest BCUT2D eigenvalue weighted by Crippen LogP contribution is 2.31. The molecule has 0 amide bonds. The summed E-state index contributed by atoms with van der Waals surface area (Å²) in [5.41, 5.74) is 6.03. The SMILES string of the molecule is CN(c1ccccc1Cl)S(=O)(=O)c1cc(Br)cnc1N. The molecule has 5 nitrogen and oxygen atoms in total. The standard InChI is InChI=1S/C12H11BrClN3O2S/c1-17(10-5-3-2-4-9(10)14)20(18,19)11-6-8(13)7-16-12(11)15/h2-7H,1H3,(H2,15,16). The largest absolute Gasteiger partial charge is 0.383 e. The van der Waals surface area contributed by atoms with Crippen LogP contribution in [0, 0.1) is 0 Å². The fraction of sp³-hybridized carbons (Fsp3) is 0.0833. The molecule has 20 heavy (non-hydrogen) atoms. The Balaban J connectivity index is 2.56. The molecule has 0 saturated heterocycles. The molecule has 2 aromatic rings. The molecule has 0 unspecified atom stereocenters. The van der Waals surface area contributed by atoms with E-state index < -0.39 is 10.0 Å². The van der Waals surface area contributed by atoms with Gasteiger partial charge in [0.15, 0.2) is 0 Å². The normalized spacial score (nSPS) is 11.3. The zero-order chi connectivity index (χ0) is 14.9. The third-order valence-corrected chi connectivity index (χ3v) is 5.23. The Morgan fingerprint density at radius 1 is 1.35 bits per heavy atom. The molecule has 0 aliphatic carbocycles. The number of sulfonamides is 1. The predicted octanol–water partition coefficient (Wildman–Crippen LogP) is 2.90. The summed E-state index contributed by atoms with van der Waals surface area (Å²) in [5, 5.41) is 0.333. The monoisotopic (exact) mass is 375 g/mol. The van der Waals surface area contributed by atoms with Crippen molar-refractivity contribution in [2.45, 2.75) is 4.90 Å². The molecule has 1 aromatic carbocycles. The Bertz CT molecular complexity index is 752. The summed E-state index contributed by atoms with van der Waals surface area (Å²) in [6.07, 6.45) is 1.43. The smallest absolute Gasteiger partial charge is 0.267 e. The second-order valence-electron chi connectivity index (χ2n) is 3.96. The molecule has 0 radical (unpaired) electrons. The van der Waals surface area contributed by atoms with E-state index in [9.17, 15) is 8.42 Å². The number of nitrogen functional groups attached to an aromatic ring is 1. The lowest BCUT2D eigenvalue weighted by Gasteiger charge is -2.21. The number of hydrogen-bond donors (Lipinski definition) is 1. The van der Waals surface area contributed by atoms with E-state index in [-0.39, 0.29) is 10.7 Å². The van der Waals surface area contributed by atoms with Gasteiger partial charge in [-0.2, -0.15) is 0 Å². The molecule has 0 aliphatic rings. The first-order valence-corrected chi connectivity index (χ1v) is 8.09. The van der Waals surface area contributed by atoms with Crippen LogP contribution in [0.3, 0.4) is 0 Å². The molecular weight excluding hydrogens is 366 g/mol. The van der Waals surface area contributed by atoms with E-state index in [0.29, 0.717) is 15.2 Å². The van der Waals surface area contributed by atoms with Gasteiger partial charge in [-0.05, 0) is 34.1 Å². The Hall–Kier alpha value is -1.31. The fourth-order valence-corrected chi connectivity index (χ4v) is 3.72. The van der Waals surface area contributed by atoms with Crippen LogP contribution in [0.25, 0.3) is 0 Å². The minimum absolute atomic E-state index is 0.0629. The quantitative estimate of drug-likeness (QED) is 0.893. The third kappa shape index (κ3) is 2.74. The Morgan fingerprint density at radius 2 is 2.00 bits per heavy atom. The maximum absolute atomic E-state index is 12.6. The molecule has 0 bridgehead atoms. The van der Waals surface area contributed by atoms with E-state index in [0.717, 1.165) is 4.31 Å². The summed E-state index contributed by atoms with van der Waals surface area (Å²) >= 11 is 9.20. The Kier molecular flexibility index (Phi) is 4.22. The summed E-state index contributed by atoms with van der Waals surface area (Å²) in [4.78, 5) is 3.76. The first-order chi connectivity index (χ1) is 9.34. The molecule has 0 aliphatic heterocycles. The van der Waals surface area contributed by atoms with Crippen molar-refractivity contribution >= 4 is 49.1 Å². The number of anilines is 2. The van der Waals surface area contributed by atoms with Gasteiger partial charge in [-0.15, -0.1) is 0 Å². The number of nitrogens with zero attached hydrogens (tertiary/aromatic N) is 2. The van der Waals surface area contributed by atoms with Crippen molar-refractivity contribution in [3.05, 3.63) is 46.0 Å². The van der Waals surface area contributed by atoms with Crippen LogP contribution in [0.15, 0.2) is 45.9 Å². The molecule has 0 spiro atoms. The van der Waals surface area contributed by atoms with E-state index in [1.165, 1.54) is 19.3 Å². The number of nitrogens with two attached hydrogens (primary N) is 1. The highest BCUT2D eigenvalue weighted by Gasteiger charge is 2.26. The molecule has 2 rings (SSSR count). The van der Waals surface area contributed by atoms with Gasteiger partial charge < -0.3 is 5.73 Å². The first kappa shape index (κ1) is 15.1. The van der Waals surface area contributed by atoms with Crippen LogP contribution in [0.1, 0.15) is 0 Å². The number of halogens is 2. The molecular formula is C12H11BrClN3O2S. The average Bonchev–Trinajstić information content (AvgIpc) is 2.41. The Morgan fingerprint density at radius 3 is 2.65 bits per heavy atom. The summed E-state index contributed by atoms with van der Waals surface area (Å²) < 4.78 is 26.8. The molecule has 0 atom stereocenters. The van der Waals surface area contributed by atoms with Gasteiger partial charge in [-0.1, -0.05) is 23.7 Å². The minimum atomic E-state index is -3.84. The van der Waals surface area contributed by atoms with E-state index in [4.69, 9.17) is 17.3 Å². The van der Waals surface area contributed by atoms with Gasteiger partial charge >= 0.3 is 0 Å². The van der Waals surface area contributed by atoms with E-state index in [2.05, 4.69) is 20.9 Å². The maximum Gasteiger partial charge on any atom is 0.267 e. The second kappa shape index (κ2) is 5.59. The molecule has 8 heteroatoms. The van der Waals surface area contributed by atoms with Gasteiger partial charge in [0.05, 0.1) is 10.7 Å². The van der Waals surface area contributed by atoms with Gasteiger partial charge in [0, 0.05) is 17.7 Å². The minimum Gasteiger partial charge on any atom is -0.383 e. The molecule has 1 heterocycles. The summed E-state index contributed by atoms with van der Waals surface area (Å²) in [6, 6.07) is 8.06. The van der Waals surface area contributed by atoms with Crippen LogP contribution in [-0.4, -0.2) is 20.4 Å². The zero-order valence-electron chi connectivity index (χ0n) is 10.4. The molecule has 0 saturated carbocycles. The molecule has 2 N–H and O–H groups in total. The Labute approximate surface area is 130 Å². The van der Waals surface area contributed by atoms with Crippen LogP contribution < -0.4 is 10.0 Å². The lowest BCUT2D eigenvalue weighted by atomic mass is 10.3. The van der Waals surface area contributed by atoms with Gasteiger partial charge in [0.2, 0.25) is 0 Å². The predicted molar refractivity (Wildman–Crippen MR) is 83.4 cm³/mol. The zero-order valence-corrected chi connectivity index (χ0v) is 13.6. The van der Waals surface area contributed by atoms with E-state index in [1.807, 2.05) is 0 Å². The number of aromatic nitrogens is 1. The van der Waals surface area contributed by atoms with Crippen molar-refractivity contribution in [3.8, 4) is 0 Å². The number of rotatable bonds is 3. The third-order valence-electron chi connectivity index (χ3n) is 2.68. The molecule has 1 aromatic heterocycles. The number of hydrogen-bond acceptors (Lipinski definition) is 4. The highest BCUT2D eigenvalue weighted by atomic mass is 79.9. The maximum atomic E-state index is 12.6. The first-order valence-electron chi connectivity index (χ1n) is 5.48. The van der Waals surface area contributed by atoms with Gasteiger partial charge in [0.25, 0.3) is 10.0 Å². The van der Waals surface area contributed by atoms with Gasteiger partial charge in [-0.3, -0.25) is 4.31 Å². The summed E-state index contributed by atoms with van der Waals surface area (Å²) in [7, 11) is -2.42. The molecule has 0 fully saturated rings. The van der Waals surface area contributed by atoms with E-state index >= 15 is 0 Å². The fourth-order valence-electron chi connectivity index (χ4n) is 1.62. The number of para-hydroxylation sites is 1. The number of pyridine rings is 1. The van der Waals surface area contributed by atoms with Crippen molar-refractivity contribution in [1.82, 2.24) is 4.98 Å². The van der Waals surface area contributed by atoms with Crippen LogP contribution in [0.4, 0.5) is 11.5 Å². The van der Waals surface area contributed by atoms with Crippen molar-refractivity contribution in [2.24, 2.45) is 0 Å². The highest BCUT2D eigenvalue weighted by molar-refractivity contribution is 9.10. The summed E-state index contributed by atoms with van der Waals surface area (Å²) in [6.45, 7) is 0. The second-order valence-corrected chi connectivity index (χ2v) is 7.22. The van der Waals surface area contributed by atoms with Crippen molar-refractivity contribution in [1.29, 1.82) is 0 Å². The van der Waals surface area contributed by atoms with Crippen molar-refractivity contribution in [3.63, 3.8) is 0 Å². The topological polar surface area (TPSA) is 76.3 Å². The lowest BCUT2D eigenvalue weighted by molar-refractivity contribution is 0.594. The lowest BCUT2D eigenvalue weighted by Crippen LogP contribution is -2.27. The van der Waals surface area contributed by atoms with Crippen LogP contribution in [-0.2, 0) is 10.0 Å². The average molecular weight is 377 g/mol. The van der Waals surface area contributed by atoms with E-state index in [1.54, 1.807) is 24.3 Å².